The number of para-hydroxylation sites is 1. The number of hydrogen-bond donors (Lipinski definition) is 1. The first kappa shape index (κ1) is 14.7. The molecule has 1 N–H and O–H groups in total. The van der Waals surface area contributed by atoms with Gasteiger partial charge >= 0.3 is 0 Å². The summed E-state index contributed by atoms with van der Waals surface area (Å²) in [7, 11) is 0. The van der Waals surface area contributed by atoms with E-state index in [-0.39, 0.29) is 0 Å². The summed E-state index contributed by atoms with van der Waals surface area (Å²) in [6.07, 6.45) is 4.94. The van der Waals surface area contributed by atoms with E-state index < -0.39 is 0 Å². The summed E-state index contributed by atoms with van der Waals surface area (Å²) in [6, 6.07) is 6.94. The fraction of sp³-hybridized carbons (Fsp3) is 0.625. The van der Waals surface area contributed by atoms with Crippen LogP contribution in [0, 0.1) is 0 Å². The van der Waals surface area contributed by atoms with Crippen molar-refractivity contribution < 1.29 is 0 Å². The Bertz CT molecular complexity index is 406. The summed E-state index contributed by atoms with van der Waals surface area (Å²) in [4.78, 5) is 2.52. The zero-order valence-corrected chi connectivity index (χ0v) is 12.8. The molecule has 1 aromatic rings. The Labute approximate surface area is 122 Å². The van der Waals surface area contributed by atoms with Gasteiger partial charge in [0, 0.05) is 19.1 Å². The van der Waals surface area contributed by atoms with Crippen LogP contribution in [-0.4, -0.2) is 19.1 Å². The van der Waals surface area contributed by atoms with Crippen LogP contribution in [0.1, 0.15) is 45.1 Å². The first-order valence-electron chi connectivity index (χ1n) is 7.52. The Kier molecular flexibility index (Phi) is 5.53. The lowest BCUT2D eigenvalue weighted by atomic mass is 10.1. The Morgan fingerprint density at radius 2 is 2.21 bits per heavy atom. The van der Waals surface area contributed by atoms with Crippen molar-refractivity contribution >= 4 is 17.3 Å². The maximum Gasteiger partial charge on any atom is 0.0643 e. The van der Waals surface area contributed by atoms with Crippen molar-refractivity contribution in [3.8, 4) is 0 Å². The zero-order valence-electron chi connectivity index (χ0n) is 12.1. The molecule has 1 atom stereocenters. The van der Waals surface area contributed by atoms with Crippen LogP contribution in [0.3, 0.4) is 0 Å². The van der Waals surface area contributed by atoms with Crippen LogP contribution in [0.2, 0.25) is 5.02 Å². The topological polar surface area (TPSA) is 15.3 Å². The average Bonchev–Trinajstić information content (AvgIpc) is 2.87. The van der Waals surface area contributed by atoms with E-state index in [4.69, 9.17) is 11.6 Å². The molecule has 3 heteroatoms. The fourth-order valence-electron chi connectivity index (χ4n) is 2.98. The molecule has 0 bridgehead atoms. The second kappa shape index (κ2) is 7.16. The van der Waals surface area contributed by atoms with E-state index in [1.165, 1.54) is 30.5 Å². The summed E-state index contributed by atoms with van der Waals surface area (Å²) < 4.78 is 0. The molecule has 19 heavy (non-hydrogen) atoms. The van der Waals surface area contributed by atoms with E-state index in [2.05, 4.69) is 36.2 Å². The van der Waals surface area contributed by atoms with Gasteiger partial charge in [-0.3, -0.25) is 0 Å². The molecule has 0 radical (unpaired) electrons. The second-order valence-corrected chi connectivity index (χ2v) is 5.73. The molecule has 1 unspecified atom stereocenters. The van der Waals surface area contributed by atoms with Crippen LogP contribution in [0.4, 0.5) is 5.69 Å². The van der Waals surface area contributed by atoms with Gasteiger partial charge in [-0.2, -0.15) is 0 Å². The molecule has 1 fully saturated rings. The van der Waals surface area contributed by atoms with Crippen LogP contribution in [0.25, 0.3) is 0 Å². The molecule has 1 heterocycles. The van der Waals surface area contributed by atoms with Crippen LogP contribution in [0.5, 0.6) is 0 Å². The third-order valence-corrected chi connectivity index (χ3v) is 4.25. The fourth-order valence-corrected chi connectivity index (χ4v) is 3.28. The van der Waals surface area contributed by atoms with Gasteiger partial charge in [-0.05, 0) is 43.9 Å². The molecule has 0 aliphatic carbocycles. The average molecular weight is 281 g/mol. The van der Waals surface area contributed by atoms with Crippen LogP contribution >= 0.6 is 11.6 Å². The van der Waals surface area contributed by atoms with E-state index >= 15 is 0 Å². The highest BCUT2D eigenvalue weighted by atomic mass is 35.5. The minimum atomic E-state index is 0.657. The zero-order chi connectivity index (χ0) is 13.7. The van der Waals surface area contributed by atoms with Gasteiger partial charge in [0.15, 0.2) is 0 Å². The molecule has 0 aromatic heterocycles. The normalized spacial score (nSPS) is 19.1. The molecule has 0 saturated carbocycles. The molecule has 0 amide bonds. The van der Waals surface area contributed by atoms with Crippen molar-refractivity contribution in [1.82, 2.24) is 5.32 Å². The highest BCUT2D eigenvalue weighted by Gasteiger charge is 2.26. The lowest BCUT2D eigenvalue weighted by Crippen LogP contribution is -2.30. The largest absolute Gasteiger partial charge is 0.367 e. The third kappa shape index (κ3) is 3.43. The number of halogens is 1. The minimum Gasteiger partial charge on any atom is -0.367 e. The number of nitrogens with one attached hydrogen (secondary N) is 1. The number of benzene rings is 1. The van der Waals surface area contributed by atoms with Gasteiger partial charge in [0.1, 0.15) is 0 Å². The summed E-state index contributed by atoms with van der Waals surface area (Å²) in [5, 5.41) is 4.39. The summed E-state index contributed by atoms with van der Waals surface area (Å²) in [5.41, 5.74) is 2.60. The SMILES string of the molecule is CCCNCc1cccc(Cl)c1N1CCCC1CC. The molecule has 106 valence electrons. The molecule has 1 aliphatic heterocycles. The molecule has 1 saturated heterocycles. The molecule has 0 spiro atoms. The van der Waals surface area contributed by atoms with Gasteiger partial charge < -0.3 is 10.2 Å². The quantitative estimate of drug-likeness (QED) is 0.785. The predicted octanol–water partition coefficient (Wildman–Crippen LogP) is 4.22. The monoisotopic (exact) mass is 280 g/mol. The molecule has 1 aliphatic rings. The summed E-state index contributed by atoms with van der Waals surface area (Å²) in [6.45, 7) is 7.58. The second-order valence-electron chi connectivity index (χ2n) is 5.32. The Morgan fingerprint density at radius 1 is 1.37 bits per heavy atom. The van der Waals surface area contributed by atoms with Gasteiger partial charge in [0.25, 0.3) is 0 Å². The standard InChI is InChI=1S/C16H25ClN2/c1-3-10-18-12-13-7-5-9-15(17)16(13)19-11-6-8-14(19)4-2/h5,7,9,14,18H,3-4,6,8,10-12H2,1-2H3. The van der Waals surface area contributed by atoms with Gasteiger partial charge in [-0.25, -0.2) is 0 Å². The van der Waals surface area contributed by atoms with Crippen molar-refractivity contribution in [3.05, 3.63) is 28.8 Å². The molecule has 2 rings (SSSR count). The smallest absolute Gasteiger partial charge is 0.0643 e. The number of anilines is 1. The Morgan fingerprint density at radius 3 is 2.95 bits per heavy atom. The van der Waals surface area contributed by atoms with Crippen molar-refractivity contribution in [2.75, 3.05) is 18.0 Å². The van der Waals surface area contributed by atoms with Crippen molar-refractivity contribution in [2.24, 2.45) is 0 Å². The lowest BCUT2D eigenvalue weighted by molar-refractivity contribution is 0.636. The molecular weight excluding hydrogens is 256 g/mol. The molecule has 2 nitrogen and oxygen atoms in total. The Hall–Kier alpha value is -0.730. The molecular formula is C16H25ClN2. The van der Waals surface area contributed by atoms with E-state index in [9.17, 15) is 0 Å². The first-order chi connectivity index (χ1) is 9.27. The lowest BCUT2D eigenvalue weighted by Gasteiger charge is -2.29. The van der Waals surface area contributed by atoms with Gasteiger partial charge in [-0.15, -0.1) is 0 Å². The minimum absolute atomic E-state index is 0.657. The summed E-state index contributed by atoms with van der Waals surface area (Å²) in [5.74, 6) is 0. The van der Waals surface area contributed by atoms with Crippen LogP contribution < -0.4 is 10.2 Å². The maximum atomic E-state index is 6.48. The van der Waals surface area contributed by atoms with Gasteiger partial charge in [0.2, 0.25) is 0 Å². The van der Waals surface area contributed by atoms with E-state index in [0.717, 1.165) is 31.1 Å². The highest BCUT2D eigenvalue weighted by Crippen LogP contribution is 2.35. The number of rotatable bonds is 6. The van der Waals surface area contributed by atoms with Crippen LogP contribution in [-0.2, 0) is 6.54 Å². The number of hydrogen-bond acceptors (Lipinski definition) is 2. The van der Waals surface area contributed by atoms with Gasteiger partial charge in [0.05, 0.1) is 10.7 Å². The third-order valence-electron chi connectivity index (χ3n) is 3.95. The Balaban J connectivity index is 2.21. The van der Waals surface area contributed by atoms with Crippen molar-refractivity contribution in [3.63, 3.8) is 0 Å². The first-order valence-corrected chi connectivity index (χ1v) is 7.90. The van der Waals surface area contributed by atoms with Gasteiger partial charge in [-0.1, -0.05) is 37.6 Å². The van der Waals surface area contributed by atoms with E-state index in [1.807, 2.05) is 6.07 Å². The van der Waals surface area contributed by atoms with Crippen molar-refractivity contribution in [2.45, 2.75) is 52.1 Å². The predicted molar refractivity (Wildman–Crippen MR) is 84.1 cm³/mol. The maximum absolute atomic E-state index is 6.48. The van der Waals surface area contributed by atoms with Crippen LogP contribution in [0.15, 0.2) is 18.2 Å². The van der Waals surface area contributed by atoms with Crippen molar-refractivity contribution in [1.29, 1.82) is 0 Å². The number of nitrogens with zero attached hydrogens (tertiary/aromatic N) is 1. The highest BCUT2D eigenvalue weighted by molar-refractivity contribution is 6.33. The van der Waals surface area contributed by atoms with E-state index in [0.29, 0.717) is 6.04 Å². The molecule has 1 aromatic carbocycles. The van der Waals surface area contributed by atoms with E-state index in [1.54, 1.807) is 0 Å². The summed E-state index contributed by atoms with van der Waals surface area (Å²) >= 11 is 6.48.